The van der Waals surface area contributed by atoms with Gasteiger partial charge in [0, 0.05) is 30.1 Å². The quantitative estimate of drug-likeness (QED) is 0.488. The molecule has 5 nitrogen and oxygen atoms in total. The first kappa shape index (κ1) is 20.6. The highest BCUT2D eigenvalue weighted by Gasteiger charge is 2.29. The number of nitrogens with zero attached hydrogens (tertiary/aromatic N) is 5. The molecule has 154 valence electrons. The van der Waals surface area contributed by atoms with Crippen LogP contribution < -0.4 is 0 Å². The van der Waals surface area contributed by atoms with E-state index in [0.29, 0.717) is 22.3 Å². The van der Waals surface area contributed by atoms with Crippen LogP contribution in [0.3, 0.4) is 0 Å². The molecular formula is C24H26ClN5. The van der Waals surface area contributed by atoms with Crippen molar-refractivity contribution in [1.82, 2.24) is 19.5 Å². The molecule has 1 fully saturated rings. The average Bonchev–Trinajstić information content (AvgIpc) is 3.13. The van der Waals surface area contributed by atoms with E-state index in [-0.39, 0.29) is 6.04 Å². The van der Waals surface area contributed by atoms with Crippen molar-refractivity contribution in [3.05, 3.63) is 47.6 Å². The Kier molecular flexibility index (Phi) is 5.62. The van der Waals surface area contributed by atoms with E-state index in [1.165, 1.54) is 25.7 Å². The van der Waals surface area contributed by atoms with Crippen molar-refractivity contribution in [3.8, 4) is 17.3 Å². The van der Waals surface area contributed by atoms with Gasteiger partial charge in [-0.3, -0.25) is 4.98 Å². The number of fused-ring (bicyclic) bond motifs is 1. The number of imidazole rings is 1. The van der Waals surface area contributed by atoms with Gasteiger partial charge in [0.25, 0.3) is 0 Å². The molecule has 0 radical (unpaired) electrons. The zero-order valence-electron chi connectivity index (χ0n) is 17.7. The minimum absolute atomic E-state index is 0.245. The first-order valence-corrected chi connectivity index (χ1v) is 10.9. The van der Waals surface area contributed by atoms with Crippen LogP contribution in [0.15, 0.2) is 31.1 Å². The summed E-state index contributed by atoms with van der Waals surface area (Å²) in [7, 11) is 0. The van der Waals surface area contributed by atoms with Gasteiger partial charge in [-0.15, -0.1) is 0 Å². The predicted octanol–water partition coefficient (Wildman–Crippen LogP) is 6.44. The molecule has 3 aromatic heterocycles. The van der Waals surface area contributed by atoms with Crippen molar-refractivity contribution < 1.29 is 0 Å². The van der Waals surface area contributed by atoms with Gasteiger partial charge < -0.3 is 4.57 Å². The molecule has 4 rings (SSSR count). The van der Waals surface area contributed by atoms with Crippen LogP contribution in [0.25, 0.3) is 27.9 Å². The highest BCUT2D eigenvalue weighted by molar-refractivity contribution is 6.30. The zero-order chi connectivity index (χ0) is 21.4. The second kappa shape index (κ2) is 8.20. The van der Waals surface area contributed by atoms with E-state index in [4.69, 9.17) is 16.6 Å². The molecule has 0 amide bonds. The first-order chi connectivity index (χ1) is 14.4. The van der Waals surface area contributed by atoms with Gasteiger partial charge in [-0.05, 0) is 50.2 Å². The number of allylic oxidation sites excluding steroid dienone is 1. The third-order valence-electron chi connectivity index (χ3n) is 6.29. The Morgan fingerprint density at radius 2 is 1.97 bits per heavy atom. The molecule has 1 saturated carbocycles. The van der Waals surface area contributed by atoms with E-state index in [2.05, 4.69) is 41.0 Å². The maximum Gasteiger partial charge on any atom is 0.143 e. The lowest BCUT2D eigenvalue weighted by atomic mass is 9.79. The van der Waals surface area contributed by atoms with Crippen LogP contribution >= 0.6 is 11.6 Å². The number of aromatic nitrogens is 4. The number of nitriles is 1. The van der Waals surface area contributed by atoms with Crippen molar-refractivity contribution >= 4 is 28.2 Å². The van der Waals surface area contributed by atoms with Crippen LogP contribution in [0, 0.1) is 23.2 Å². The van der Waals surface area contributed by atoms with Crippen LogP contribution in [-0.2, 0) is 0 Å². The molecule has 0 saturated heterocycles. The van der Waals surface area contributed by atoms with Gasteiger partial charge >= 0.3 is 0 Å². The monoisotopic (exact) mass is 419 g/mol. The highest BCUT2D eigenvalue weighted by atomic mass is 35.5. The summed E-state index contributed by atoms with van der Waals surface area (Å²) in [4.78, 5) is 13.8. The van der Waals surface area contributed by atoms with E-state index >= 15 is 0 Å². The fraction of sp³-hybridized carbons (Fsp3) is 0.417. The summed E-state index contributed by atoms with van der Waals surface area (Å²) < 4.78 is 2.28. The molecule has 0 aliphatic heterocycles. The number of rotatable bonds is 4. The van der Waals surface area contributed by atoms with E-state index in [0.717, 1.165) is 33.9 Å². The number of halogens is 1. The third-order valence-corrected chi connectivity index (χ3v) is 6.50. The number of hydrogen-bond donors (Lipinski definition) is 0. The van der Waals surface area contributed by atoms with Gasteiger partial charge in [-0.2, -0.15) is 5.26 Å². The SMILES string of the molecule is C=C(C)c1nc2cc(C#N)nc(-c3cncc(Cl)c3)c2n1C(C)[C@H]1CC[C@H](C)CC1. The summed E-state index contributed by atoms with van der Waals surface area (Å²) in [5.41, 5.74) is 4.37. The maximum atomic E-state index is 9.54. The van der Waals surface area contributed by atoms with Crippen molar-refractivity contribution in [2.24, 2.45) is 11.8 Å². The lowest BCUT2D eigenvalue weighted by Crippen LogP contribution is -2.23. The average molecular weight is 420 g/mol. The van der Waals surface area contributed by atoms with E-state index in [1.807, 2.05) is 13.0 Å². The summed E-state index contributed by atoms with van der Waals surface area (Å²) in [5.74, 6) is 2.21. The molecule has 3 heterocycles. The summed E-state index contributed by atoms with van der Waals surface area (Å²) in [6.45, 7) is 10.8. The maximum absolute atomic E-state index is 9.54. The molecule has 1 aliphatic carbocycles. The standard InChI is InChI=1S/C24H26ClN5/c1-14(2)24-29-21-10-20(11-26)28-22(18-9-19(25)13-27-12-18)23(21)30(24)16(4)17-7-5-15(3)6-8-17/h9-10,12-13,15-17H,1,5-8H2,2-4H3/t15-,16?,17-. The molecule has 0 aromatic carbocycles. The van der Waals surface area contributed by atoms with Crippen molar-refractivity contribution in [1.29, 1.82) is 5.26 Å². The van der Waals surface area contributed by atoms with Crippen LogP contribution in [0.4, 0.5) is 0 Å². The van der Waals surface area contributed by atoms with Crippen LogP contribution in [0.2, 0.25) is 5.02 Å². The Bertz CT molecular complexity index is 1150. The largest absolute Gasteiger partial charge is 0.319 e. The Hall–Kier alpha value is -2.71. The summed E-state index contributed by atoms with van der Waals surface area (Å²) in [6.07, 6.45) is 8.25. The summed E-state index contributed by atoms with van der Waals surface area (Å²) >= 11 is 6.22. The van der Waals surface area contributed by atoms with Crippen molar-refractivity contribution in [3.63, 3.8) is 0 Å². The Morgan fingerprint density at radius 1 is 1.23 bits per heavy atom. The topological polar surface area (TPSA) is 67.4 Å². The van der Waals surface area contributed by atoms with Gasteiger partial charge in [0.1, 0.15) is 17.6 Å². The van der Waals surface area contributed by atoms with E-state index < -0.39 is 0 Å². The molecule has 1 unspecified atom stereocenters. The van der Waals surface area contributed by atoms with Gasteiger partial charge in [0.15, 0.2) is 0 Å². The fourth-order valence-corrected chi connectivity index (χ4v) is 4.77. The summed E-state index contributed by atoms with van der Waals surface area (Å²) in [5, 5.41) is 10.1. The van der Waals surface area contributed by atoms with Crippen LogP contribution in [0.5, 0.6) is 0 Å². The smallest absolute Gasteiger partial charge is 0.143 e. The second-order valence-corrected chi connectivity index (χ2v) is 9.01. The van der Waals surface area contributed by atoms with Crippen LogP contribution in [-0.4, -0.2) is 19.5 Å². The molecule has 6 heteroatoms. The van der Waals surface area contributed by atoms with Gasteiger partial charge in [0.2, 0.25) is 0 Å². The normalized spacial score (nSPS) is 20.1. The molecule has 0 spiro atoms. The Balaban J connectivity index is 1.97. The van der Waals surface area contributed by atoms with Crippen molar-refractivity contribution in [2.45, 2.75) is 52.5 Å². The van der Waals surface area contributed by atoms with Crippen molar-refractivity contribution in [2.75, 3.05) is 0 Å². The predicted molar refractivity (Wildman–Crippen MR) is 121 cm³/mol. The number of pyridine rings is 2. The van der Waals surface area contributed by atoms with Crippen LogP contribution in [0.1, 0.15) is 64.0 Å². The Morgan fingerprint density at radius 3 is 2.60 bits per heavy atom. The van der Waals surface area contributed by atoms with Gasteiger partial charge in [-0.25, -0.2) is 9.97 Å². The second-order valence-electron chi connectivity index (χ2n) is 8.57. The zero-order valence-corrected chi connectivity index (χ0v) is 18.4. The molecule has 0 N–H and O–H groups in total. The lowest BCUT2D eigenvalue weighted by Gasteiger charge is -2.32. The first-order valence-electron chi connectivity index (χ1n) is 10.5. The van der Waals surface area contributed by atoms with E-state index in [1.54, 1.807) is 18.5 Å². The minimum Gasteiger partial charge on any atom is -0.319 e. The van der Waals surface area contributed by atoms with E-state index in [9.17, 15) is 5.26 Å². The highest BCUT2D eigenvalue weighted by Crippen LogP contribution is 2.40. The van der Waals surface area contributed by atoms with Gasteiger partial charge in [-0.1, -0.05) is 37.9 Å². The lowest BCUT2D eigenvalue weighted by molar-refractivity contribution is 0.227. The molecule has 1 atom stereocenters. The summed E-state index contributed by atoms with van der Waals surface area (Å²) in [6, 6.07) is 6.00. The molecular weight excluding hydrogens is 394 g/mol. The van der Waals surface area contributed by atoms with Gasteiger partial charge in [0.05, 0.1) is 21.7 Å². The molecule has 3 aromatic rings. The molecule has 30 heavy (non-hydrogen) atoms. The molecule has 0 bridgehead atoms. The molecule has 1 aliphatic rings. The minimum atomic E-state index is 0.245. The third kappa shape index (κ3) is 3.73. The Labute approximate surface area is 182 Å². The fourth-order valence-electron chi connectivity index (χ4n) is 4.60. The number of hydrogen-bond acceptors (Lipinski definition) is 4.